The molecule has 0 atom stereocenters. The largest absolute Gasteiger partial charge is 0.481 e. The van der Waals surface area contributed by atoms with Crippen molar-refractivity contribution in [3.63, 3.8) is 0 Å². The fourth-order valence-corrected chi connectivity index (χ4v) is 1.80. The molecule has 4 heteroatoms. The maximum Gasteiger partial charge on any atom is 0.303 e. The van der Waals surface area contributed by atoms with Crippen molar-refractivity contribution in [1.29, 1.82) is 0 Å². The number of benzene rings is 1. The van der Waals surface area contributed by atoms with E-state index >= 15 is 0 Å². The molecule has 0 aliphatic heterocycles. The predicted molar refractivity (Wildman–Crippen MR) is 54.8 cm³/mol. The number of aliphatic carboxylic acids is 1. The molecule has 0 heterocycles. The van der Waals surface area contributed by atoms with Crippen LogP contribution in [0.15, 0.2) is 16.6 Å². The summed E-state index contributed by atoms with van der Waals surface area (Å²) in [6.07, 6.45) is 0.493. The first-order valence-electron chi connectivity index (χ1n) is 4.17. The van der Waals surface area contributed by atoms with Gasteiger partial charge in [0.1, 0.15) is 5.82 Å². The number of carbonyl (C=O) groups is 1. The van der Waals surface area contributed by atoms with Crippen LogP contribution in [0.3, 0.4) is 0 Å². The molecule has 0 aromatic heterocycles. The van der Waals surface area contributed by atoms with E-state index in [1.165, 1.54) is 0 Å². The van der Waals surface area contributed by atoms with Gasteiger partial charge in [0.15, 0.2) is 0 Å². The Kier molecular flexibility index (Phi) is 3.63. The van der Waals surface area contributed by atoms with Gasteiger partial charge in [0, 0.05) is 6.42 Å². The molecule has 0 saturated carbocycles. The first-order valence-corrected chi connectivity index (χ1v) is 4.96. The van der Waals surface area contributed by atoms with Crippen molar-refractivity contribution in [3.8, 4) is 0 Å². The van der Waals surface area contributed by atoms with Crippen molar-refractivity contribution in [2.45, 2.75) is 19.8 Å². The molecule has 1 N–H and O–H groups in total. The van der Waals surface area contributed by atoms with E-state index in [9.17, 15) is 9.18 Å². The second kappa shape index (κ2) is 4.55. The van der Waals surface area contributed by atoms with Crippen LogP contribution in [0.1, 0.15) is 17.5 Å². The van der Waals surface area contributed by atoms with E-state index in [-0.39, 0.29) is 12.2 Å². The van der Waals surface area contributed by atoms with Crippen LogP contribution < -0.4 is 0 Å². The molecule has 0 saturated heterocycles. The van der Waals surface area contributed by atoms with Crippen LogP contribution in [0, 0.1) is 12.7 Å². The van der Waals surface area contributed by atoms with Gasteiger partial charge in [-0.05, 0) is 46.5 Å². The molecule has 0 bridgehead atoms. The molecule has 1 aromatic rings. The van der Waals surface area contributed by atoms with Crippen LogP contribution in [-0.4, -0.2) is 11.1 Å². The maximum absolute atomic E-state index is 13.1. The minimum Gasteiger partial charge on any atom is -0.481 e. The van der Waals surface area contributed by atoms with Crippen molar-refractivity contribution in [2.24, 2.45) is 0 Å². The fourth-order valence-electron chi connectivity index (χ4n) is 1.19. The Morgan fingerprint density at radius 3 is 2.71 bits per heavy atom. The van der Waals surface area contributed by atoms with Gasteiger partial charge in [0.05, 0.1) is 4.47 Å². The van der Waals surface area contributed by atoms with E-state index in [1.54, 1.807) is 19.1 Å². The summed E-state index contributed by atoms with van der Waals surface area (Å²) in [5, 5.41) is 8.48. The van der Waals surface area contributed by atoms with Crippen molar-refractivity contribution in [1.82, 2.24) is 0 Å². The summed E-state index contributed by atoms with van der Waals surface area (Å²) in [5.41, 5.74) is 1.36. The summed E-state index contributed by atoms with van der Waals surface area (Å²) in [4.78, 5) is 10.3. The number of rotatable bonds is 3. The van der Waals surface area contributed by atoms with E-state index in [0.717, 1.165) is 5.56 Å². The maximum atomic E-state index is 13.1. The molecule has 2 nitrogen and oxygen atoms in total. The topological polar surface area (TPSA) is 37.3 Å². The Morgan fingerprint density at radius 2 is 2.21 bits per heavy atom. The summed E-state index contributed by atoms with van der Waals surface area (Å²) in [6.45, 7) is 1.66. The van der Waals surface area contributed by atoms with Crippen LogP contribution in [0.2, 0.25) is 0 Å². The quantitative estimate of drug-likeness (QED) is 0.908. The SMILES string of the molecule is Cc1cc(CCC(=O)O)cc(Br)c1F. The van der Waals surface area contributed by atoms with Gasteiger partial charge in [-0.2, -0.15) is 0 Å². The molecule has 1 aromatic carbocycles. The lowest BCUT2D eigenvalue weighted by atomic mass is 10.1. The molecule has 0 aliphatic rings. The lowest BCUT2D eigenvalue weighted by Crippen LogP contribution is -1.98. The van der Waals surface area contributed by atoms with Crippen molar-refractivity contribution in [2.75, 3.05) is 0 Å². The second-order valence-corrected chi connectivity index (χ2v) is 3.96. The average Bonchev–Trinajstić information content (AvgIpc) is 2.10. The molecule has 0 fully saturated rings. The molecular formula is C10H10BrFO2. The summed E-state index contributed by atoms with van der Waals surface area (Å²) in [7, 11) is 0. The number of hydrogen-bond acceptors (Lipinski definition) is 1. The highest BCUT2D eigenvalue weighted by Gasteiger charge is 2.06. The van der Waals surface area contributed by atoms with E-state index in [2.05, 4.69) is 15.9 Å². The monoisotopic (exact) mass is 260 g/mol. The number of aryl methyl sites for hydroxylation is 2. The number of carboxylic acid groups (broad SMARTS) is 1. The Morgan fingerprint density at radius 1 is 1.57 bits per heavy atom. The minimum atomic E-state index is -0.844. The summed E-state index contributed by atoms with van der Waals surface area (Å²) in [6, 6.07) is 3.29. The first-order chi connectivity index (χ1) is 6.50. The van der Waals surface area contributed by atoms with Crippen LogP contribution in [0.4, 0.5) is 4.39 Å². The Balaban J connectivity index is 2.84. The van der Waals surface area contributed by atoms with E-state index in [1.807, 2.05) is 0 Å². The van der Waals surface area contributed by atoms with Crippen LogP contribution in [0.5, 0.6) is 0 Å². The zero-order chi connectivity index (χ0) is 10.7. The highest BCUT2D eigenvalue weighted by atomic mass is 79.9. The zero-order valence-corrected chi connectivity index (χ0v) is 9.27. The van der Waals surface area contributed by atoms with Gasteiger partial charge in [-0.1, -0.05) is 6.07 Å². The van der Waals surface area contributed by atoms with Crippen molar-refractivity contribution in [3.05, 3.63) is 33.5 Å². The third kappa shape index (κ3) is 2.80. The molecule has 1 rings (SSSR count). The van der Waals surface area contributed by atoms with Gasteiger partial charge < -0.3 is 5.11 Å². The molecule has 0 amide bonds. The second-order valence-electron chi connectivity index (χ2n) is 3.10. The van der Waals surface area contributed by atoms with E-state index < -0.39 is 5.97 Å². The summed E-state index contributed by atoms with van der Waals surface area (Å²) >= 11 is 3.08. The Bertz CT molecular complexity index is 340. The lowest BCUT2D eigenvalue weighted by molar-refractivity contribution is -0.136. The van der Waals surface area contributed by atoms with Gasteiger partial charge in [-0.15, -0.1) is 0 Å². The van der Waals surface area contributed by atoms with Crippen molar-refractivity contribution >= 4 is 21.9 Å². The Labute approximate surface area is 89.9 Å². The van der Waals surface area contributed by atoms with Crippen LogP contribution in [-0.2, 0) is 11.2 Å². The summed E-state index contributed by atoms with van der Waals surface area (Å²) < 4.78 is 13.5. The first kappa shape index (κ1) is 11.2. The molecule has 76 valence electrons. The van der Waals surface area contributed by atoms with Gasteiger partial charge in [0.2, 0.25) is 0 Å². The van der Waals surface area contributed by atoms with Gasteiger partial charge in [0.25, 0.3) is 0 Å². The molecular weight excluding hydrogens is 251 g/mol. The smallest absolute Gasteiger partial charge is 0.303 e. The minimum absolute atomic E-state index is 0.0670. The average molecular weight is 261 g/mol. The zero-order valence-electron chi connectivity index (χ0n) is 7.68. The standard InChI is InChI=1S/C10H10BrFO2/c1-6-4-7(2-3-9(13)14)5-8(11)10(6)12/h4-5H,2-3H2,1H3,(H,13,14). The lowest BCUT2D eigenvalue weighted by Gasteiger charge is -2.04. The molecule has 0 aliphatic carbocycles. The fraction of sp³-hybridized carbons (Fsp3) is 0.300. The van der Waals surface area contributed by atoms with Crippen LogP contribution >= 0.6 is 15.9 Å². The molecule has 0 unspecified atom stereocenters. The van der Waals surface area contributed by atoms with E-state index in [0.29, 0.717) is 16.5 Å². The van der Waals surface area contributed by atoms with E-state index in [4.69, 9.17) is 5.11 Å². The summed E-state index contributed by atoms with van der Waals surface area (Å²) in [5.74, 6) is -1.13. The normalized spacial score (nSPS) is 10.2. The van der Waals surface area contributed by atoms with Crippen LogP contribution in [0.25, 0.3) is 0 Å². The van der Waals surface area contributed by atoms with Gasteiger partial charge in [-0.25, -0.2) is 4.39 Å². The third-order valence-electron chi connectivity index (χ3n) is 1.90. The van der Waals surface area contributed by atoms with Gasteiger partial charge in [-0.3, -0.25) is 4.79 Å². The highest BCUT2D eigenvalue weighted by Crippen LogP contribution is 2.21. The predicted octanol–water partition coefficient (Wildman–Crippen LogP) is 2.91. The number of halogens is 2. The highest BCUT2D eigenvalue weighted by molar-refractivity contribution is 9.10. The Hall–Kier alpha value is -0.900. The number of hydrogen-bond donors (Lipinski definition) is 1. The van der Waals surface area contributed by atoms with Gasteiger partial charge >= 0.3 is 5.97 Å². The molecule has 0 radical (unpaired) electrons. The molecule has 14 heavy (non-hydrogen) atoms. The molecule has 0 spiro atoms. The van der Waals surface area contributed by atoms with Crippen molar-refractivity contribution < 1.29 is 14.3 Å². The third-order valence-corrected chi connectivity index (χ3v) is 2.47. The number of carboxylic acids is 1.